The summed E-state index contributed by atoms with van der Waals surface area (Å²) in [4.78, 5) is 23.1. The third-order valence-electron chi connectivity index (χ3n) is 3.48. The number of thiazole rings is 1. The maximum atomic E-state index is 4.71. The van der Waals surface area contributed by atoms with Crippen LogP contribution in [0, 0.1) is 6.92 Å². The van der Waals surface area contributed by atoms with Gasteiger partial charge >= 0.3 is 0 Å². The van der Waals surface area contributed by atoms with Crippen LogP contribution in [0.1, 0.15) is 5.69 Å². The Morgan fingerprint density at radius 3 is 2.46 bits per heavy atom. The van der Waals surface area contributed by atoms with Gasteiger partial charge in [-0.15, -0.1) is 11.3 Å². The van der Waals surface area contributed by atoms with Crippen LogP contribution < -0.4 is 0 Å². The summed E-state index contributed by atoms with van der Waals surface area (Å²) < 4.78 is 0. The summed E-state index contributed by atoms with van der Waals surface area (Å²) in [6.45, 7) is 2.00. The molecule has 0 saturated carbocycles. The van der Waals surface area contributed by atoms with Gasteiger partial charge in [0.1, 0.15) is 10.7 Å². The van der Waals surface area contributed by atoms with Gasteiger partial charge in [0.05, 0.1) is 16.3 Å². The van der Waals surface area contributed by atoms with E-state index in [1.54, 1.807) is 36.0 Å². The largest absolute Gasteiger partial charge is 0.264 e. The highest BCUT2D eigenvalue weighted by Gasteiger charge is 2.13. The van der Waals surface area contributed by atoms with E-state index in [0.717, 1.165) is 32.5 Å². The third kappa shape index (κ3) is 2.79. The van der Waals surface area contributed by atoms with E-state index < -0.39 is 0 Å². The van der Waals surface area contributed by atoms with Crippen LogP contribution in [0.5, 0.6) is 0 Å². The molecule has 6 heteroatoms. The van der Waals surface area contributed by atoms with Crippen molar-refractivity contribution in [3.63, 3.8) is 0 Å². The molecule has 4 aromatic rings. The lowest BCUT2D eigenvalue weighted by Gasteiger charge is -2.02. The maximum Gasteiger partial charge on any atom is 0.178 e. The average Bonchev–Trinajstić information content (AvgIpc) is 3.05. The fraction of sp³-hybridized carbons (Fsp3) is 0.0556. The summed E-state index contributed by atoms with van der Waals surface area (Å²) in [6.07, 6.45) is 7.02. The topological polar surface area (TPSA) is 64.5 Å². The van der Waals surface area contributed by atoms with Crippen LogP contribution >= 0.6 is 11.3 Å². The van der Waals surface area contributed by atoms with Crippen LogP contribution in [0.2, 0.25) is 0 Å². The Morgan fingerprint density at radius 2 is 1.67 bits per heavy atom. The summed E-state index contributed by atoms with van der Waals surface area (Å²) >= 11 is 1.62. The molecule has 4 aromatic heterocycles. The second kappa shape index (κ2) is 6.25. The molecular weight excluding hydrogens is 318 g/mol. The lowest BCUT2D eigenvalue weighted by atomic mass is 10.2. The molecule has 0 fully saturated rings. The molecule has 0 aliphatic heterocycles. The summed E-state index contributed by atoms with van der Waals surface area (Å²) in [5.41, 5.74) is 3.60. The van der Waals surface area contributed by atoms with Gasteiger partial charge in [-0.3, -0.25) is 4.98 Å². The number of pyridine rings is 2. The van der Waals surface area contributed by atoms with E-state index in [0.29, 0.717) is 5.82 Å². The average molecular weight is 331 g/mol. The Labute approximate surface area is 143 Å². The normalized spacial score (nSPS) is 10.7. The Hall–Kier alpha value is -2.99. The van der Waals surface area contributed by atoms with Gasteiger partial charge in [-0.2, -0.15) is 0 Å². The second-order valence-corrected chi connectivity index (χ2v) is 6.15. The van der Waals surface area contributed by atoms with Gasteiger partial charge in [-0.05, 0) is 37.3 Å². The van der Waals surface area contributed by atoms with Gasteiger partial charge in [0.25, 0.3) is 0 Å². The van der Waals surface area contributed by atoms with Crippen molar-refractivity contribution in [2.45, 2.75) is 6.92 Å². The van der Waals surface area contributed by atoms with E-state index in [2.05, 4.69) is 19.9 Å². The van der Waals surface area contributed by atoms with Gasteiger partial charge in [0.15, 0.2) is 5.82 Å². The maximum absolute atomic E-state index is 4.71. The minimum Gasteiger partial charge on any atom is -0.264 e. The molecule has 0 aliphatic carbocycles. The van der Waals surface area contributed by atoms with Crippen molar-refractivity contribution < 1.29 is 0 Å². The van der Waals surface area contributed by atoms with Crippen LogP contribution in [0.25, 0.3) is 32.7 Å². The molecule has 4 heterocycles. The predicted octanol–water partition coefficient (Wildman–Crippen LogP) is 4.03. The number of hydrogen-bond donors (Lipinski definition) is 0. The van der Waals surface area contributed by atoms with E-state index in [1.165, 1.54) is 0 Å². The van der Waals surface area contributed by atoms with Crippen molar-refractivity contribution in [2.24, 2.45) is 0 Å². The zero-order valence-electron chi connectivity index (χ0n) is 12.9. The van der Waals surface area contributed by atoms with Crippen molar-refractivity contribution >= 4 is 11.3 Å². The van der Waals surface area contributed by atoms with E-state index in [4.69, 9.17) is 4.98 Å². The fourth-order valence-corrected chi connectivity index (χ4v) is 3.39. The Kier molecular flexibility index (Phi) is 3.80. The van der Waals surface area contributed by atoms with Crippen molar-refractivity contribution in [1.29, 1.82) is 0 Å². The minimum absolute atomic E-state index is 0.619. The first-order chi connectivity index (χ1) is 11.8. The summed E-state index contributed by atoms with van der Waals surface area (Å²) in [5, 5.41) is 0.943. The van der Waals surface area contributed by atoms with Crippen LogP contribution in [0.4, 0.5) is 0 Å². The number of rotatable bonds is 3. The smallest absolute Gasteiger partial charge is 0.178 e. The molecule has 4 rings (SSSR count). The zero-order valence-corrected chi connectivity index (χ0v) is 13.7. The van der Waals surface area contributed by atoms with Crippen LogP contribution in [0.3, 0.4) is 0 Å². The molecule has 0 aliphatic rings. The molecule has 24 heavy (non-hydrogen) atoms. The van der Waals surface area contributed by atoms with Crippen molar-refractivity contribution in [3.05, 3.63) is 66.9 Å². The summed E-state index contributed by atoms with van der Waals surface area (Å²) in [6, 6.07) is 11.6. The Balaban J connectivity index is 1.76. The molecule has 0 unspecified atom stereocenters. The van der Waals surface area contributed by atoms with Crippen LogP contribution in [0.15, 0.2) is 61.2 Å². The second-order valence-electron chi connectivity index (χ2n) is 5.16. The monoisotopic (exact) mass is 331 g/mol. The van der Waals surface area contributed by atoms with Crippen molar-refractivity contribution in [2.75, 3.05) is 0 Å². The minimum atomic E-state index is 0.619. The lowest BCUT2D eigenvalue weighted by Crippen LogP contribution is -1.92. The summed E-state index contributed by atoms with van der Waals surface area (Å²) in [5.74, 6) is 0.619. The predicted molar refractivity (Wildman–Crippen MR) is 94.3 cm³/mol. The molecular formula is C18H13N5S. The molecule has 0 radical (unpaired) electrons. The molecule has 116 valence electrons. The Morgan fingerprint density at radius 1 is 0.833 bits per heavy atom. The highest BCUT2D eigenvalue weighted by atomic mass is 32.1. The molecule has 5 nitrogen and oxygen atoms in total. The molecule has 0 N–H and O–H groups in total. The number of nitrogens with zero attached hydrogens (tertiary/aromatic N) is 5. The third-order valence-corrected chi connectivity index (χ3v) is 4.71. The van der Waals surface area contributed by atoms with Crippen molar-refractivity contribution in [3.8, 4) is 32.7 Å². The van der Waals surface area contributed by atoms with E-state index in [1.807, 2.05) is 43.5 Å². The van der Waals surface area contributed by atoms with Gasteiger partial charge in [0.2, 0.25) is 0 Å². The van der Waals surface area contributed by atoms with Crippen LogP contribution in [-0.2, 0) is 0 Å². The molecule has 0 spiro atoms. The first-order valence-electron chi connectivity index (χ1n) is 7.44. The first-order valence-corrected chi connectivity index (χ1v) is 8.25. The molecule has 0 amide bonds. The number of hydrogen-bond acceptors (Lipinski definition) is 6. The van der Waals surface area contributed by atoms with Crippen LogP contribution in [-0.4, -0.2) is 24.9 Å². The zero-order chi connectivity index (χ0) is 16.4. The lowest BCUT2D eigenvalue weighted by molar-refractivity contribution is 1.14. The fourth-order valence-electron chi connectivity index (χ4n) is 2.36. The Bertz CT molecular complexity index is 967. The standard InChI is InChI=1S/C18H13N5S/c1-12-16(24-18(22-12)13-5-3-8-19-11-13)14-6-2-7-15(23-14)17-20-9-4-10-21-17/h2-11H,1H3. The van der Waals surface area contributed by atoms with Gasteiger partial charge in [-0.1, -0.05) is 6.07 Å². The highest BCUT2D eigenvalue weighted by Crippen LogP contribution is 2.34. The molecule has 0 saturated heterocycles. The molecule has 0 atom stereocenters. The van der Waals surface area contributed by atoms with E-state index in [-0.39, 0.29) is 0 Å². The van der Waals surface area contributed by atoms with E-state index >= 15 is 0 Å². The number of aromatic nitrogens is 5. The van der Waals surface area contributed by atoms with Gasteiger partial charge in [-0.25, -0.2) is 19.9 Å². The highest BCUT2D eigenvalue weighted by molar-refractivity contribution is 7.18. The summed E-state index contributed by atoms with van der Waals surface area (Å²) in [7, 11) is 0. The molecule has 0 bridgehead atoms. The first kappa shape index (κ1) is 14.6. The van der Waals surface area contributed by atoms with Crippen molar-refractivity contribution in [1.82, 2.24) is 24.9 Å². The molecule has 0 aromatic carbocycles. The van der Waals surface area contributed by atoms with Gasteiger partial charge < -0.3 is 0 Å². The quantitative estimate of drug-likeness (QED) is 0.567. The van der Waals surface area contributed by atoms with E-state index in [9.17, 15) is 0 Å². The van der Waals surface area contributed by atoms with Gasteiger partial charge in [0, 0.05) is 30.4 Å². The SMILES string of the molecule is Cc1nc(-c2cccnc2)sc1-c1cccc(-c2ncccn2)n1. The number of aryl methyl sites for hydroxylation is 1.